The van der Waals surface area contributed by atoms with E-state index in [-0.39, 0.29) is 12.4 Å². The molecule has 6 nitrogen and oxygen atoms in total. The Morgan fingerprint density at radius 3 is 2.48 bits per heavy atom. The number of benzene rings is 2. The van der Waals surface area contributed by atoms with Crippen LogP contribution in [0.15, 0.2) is 53.0 Å². The third-order valence-corrected chi connectivity index (χ3v) is 3.55. The minimum atomic E-state index is -0.996. The smallest absolute Gasteiger partial charge is 0.279 e. The number of hydrogen-bond donors (Lipinski definition) is 2. The van der Waals surface area contributed by atoms with Gasteiger partial charge in [-0.25, -0.2) is 4.39 Å². The van der Waals surface area contributed by atoms with Crippen LogP contribution in [0.4, 0.5) is 4.39 Å². The predicted octanol–water partition coefficient (Wildman–Crippen LogP) is 2.58. The first-order valence-corrected chi connectivity index (χ1v) is 8.13. The second-order valence-electron chi connectivity index (χ2n) is 4.97. The van der Waals surface area contributed by atoms with E-state index in [0.717, 1.165) is 4.47 Å². The second kappa shape index (κ2) is 9.03. The molecular weight excluding hydrogens is 395 g/mol. The Bertz CT molecular complexity index is 740. The van der Waals surface area contributed by atoms with Crippen molar-refractivity contribution in [3.8, 4) is 11.5 Å². The van der Waals surface area contributed by atoms with Gasteiger partial charge in [0.15, 0.2) is 24.3 Å². The monoisotopic (exact) mass is 410 g/mol. The van der Waals surface area contributed by atoms with Gasteiger partial charge in [0.2, 0.25) is 0 Å². The molecule has 0 bridgehead atoms. The first-order chi connectivity index (χ1) is 12.0. The second-order valence-corrected chi connectivity index (χ2v) is 5.89. The third-order valence-electron chi connectivity index (χ3n) is 3.02. The summed E-state index contributed by atoms with van der Waals surface area (Å²) in [7, 11) is 0. The summed E-state index contributed by atoms with van der Waals surface area (Å²) >= 11 is 3.29. The van der Waals surface area contributed by atoms with Crippen LogP contribution >= 0.6 is 15.9 Å². The van der Waals surface area contributed by atoms with Crippen molar-refractivity contribution in [2.45, 2.75) is 13.0 Å². The van der Waals surface area contributed by atoms with E-state index in [1.165, 1.54) is 25.1 Å². The SMILES string of the molecule is CC(Oc1ccccc1F)C(=O)NNC(=O)COc1ccc(Br)cc1. The van der Waals surface area contributed by atoms with Crippen LogP contribution in [-0.2, 0) is 9.59 Å². The van der Waals surface area contributed by atoms with Gasteiger partial charge in [0.05, 0.1) is 0 Å². The molecule has 0 aliphatic heterocycles. The molecule has 0 aliphatic carbocycles. The number of hydrogen-bond acceptors (Lipinski definition) is 4. The molecule has 0 heterocycles. The Labute approximate surface area is 152 Å². The van der Waals surface area contributed by atoms with E-state index in [9.17, 15) is 14.0 Å². The summed E-state index contributed by atoms with van der Waals surface area (Å²) in [4.78, 5) is 23.5. The van der Waals surface area contributed by atoms with Crippen molar-refractivity contribution in [3.63, 3.8) is 0 Å². The Kier molecular flexibility index (Phi) is 6.76. The van der Waals surface area contributed by atoms with Crippen molar-refractivity contribution in [3.05, 3.63) is 58.8 Å². The standard InChI is InChI=1S/C17H16BrFN2O4/c1-11(25-15-5-3-2-4-14(15)19)17(23)21-20-16(22)10-24-13-8-6-12(18)7-9-13/h2-9,11H,10H2,1H3,(H,20,22)(H,21,23). The van der Waals surface area contributed by atoms with Crippen LogP contribution in [0.1, 0.15) is 6.92 Å². The van der Waals surface area contributed by atoms with Gasteiger partial charge in [-0.1, -0.05) is 28.1 Å². The summed E-state index contributed by atoms with van der Waals surface area (Å²) in [5, 5.41) is 0. The van der Waals surface area contributed by atoms with Crippen molar-refractivity contribution >= 4 is 27.7 Å². The number of nitrogens with one attached hydrogen (secondary N) is 2. The van der Waals surface area contributed by atoms with Crippen molar-refractivity contribution in [1.29, 1.82) is 0 Å². The highest BCUT2D eigenvalue weighted by Crippen LogP contribution is 2.17. The molecule has 1 unspecified atom stereocenters. The van der Waals surface area contributed by atoms with Crippen LogP contribution in [0.3, 0.4) is 0 Å². The zero-order chi connectivity index (χ0) is 18.2. The number of para-hydroxylation sites is 1. The van der Waals surface area contributed by atoms with Crippen molar-refractivity contribution < 1.29 is 23.5 Å². The quantitative estimate of drug-likeness (QED) is 0.717. The number of hydrazine groups is 1. The molecule has 25 heavy (non-hydrogen) atoms. The van der Waals surface area contributed by atoms with Crippen molar-refractivity contribution in [1.82, 2.24) is 10.9 Å². The van der Waals surface area contributed by atoms with Gasteiger partial charge in [0, 0.05) is 4.47 Å². The number of carbonyl (C=O) groups is 2. The maximum absolute atomic E-state index is 13.5. The molecule has 0 saturated heterocycles. The average Bonchev–Trinajstić information content (AvgIpc) is 2.61. The molecule has 1 atom stereocenters. The molecule has 0 fully saturated rings. The maximum atomic E-state index is 13.5. The molecule has 8 heteroatoms. The topological polar surface area (TPSA) is 76.7 Å². The lowest BCUT2D eigenvalue weighted by molar-refractivity contribution is -0.133. The van der Waals surface area contributed by atoms with Gasteiger partial charge in [-0.2, -0.15) is 0 Å². The fourth-order valence-corrected chi connectivity index (χ4v) is 2.00. The van der Waals surface area contributed by atoms with Gasteiger partial charge in [0.1, 0.15) is 5.75 Å². The minimum Gasteiger partial charge on any atom is -0.484 e. The Morgan fingerprint density at radius 2 is 1.80 bits per heavy atom. The molecular formula is C17H16BrFN2O4. The highest BCUT2D eigenvalue weighted by molar-refractivity contribution is 9.10. The van der Waals surface area contributed by atoms with Crippen LogP contribution < -0.4 is 20.3 Å². The third kappa shape index (κ3) is 6.07. The van der Waals surface area contributed by atoms with E-state index < -0.39 is 23.7 Å². The van der Waals surface area contributed by atoms with Gasteiger partial charge in [-0.05, 0) is 43.3 Å². The van der Waals surface area contributed by atoms with E-state index >= 15 is 0 Å². The van der Waals surface area contributed by atoms with Crippen LogP contribution in [0.25, 0.3) is 0 Å². The van der Waals surface area contributed by atoms with E-state index in [4.69, 9.17) is 9.47 Å². The fraction of sp³-hybridized carbons (Fsp3) is 0.176. The number of halogens is 2. The van der Waals surface area contributed by atoms with Crippen LogP contribution in [0, 0.1) is 5.82 Å². The summed E-state index contributed by atoms with van der Waals surface area (Å²) in [6.45, 7) is 1.16. The summed E-state index contributed by atoms with van der Waals surface area (Å²) < 4.78 is 24.8. The molecule has 2 aromatic rings. The van der Waals surface area contributed by atoms with Gasteiger partial charge in [-0.15, -0.1) is 0 Å². The molecule has 0 aliphatic rings. The number of amides is 2. The predicted molar refractivity (Wildman–Crippen MR) is 92.4 cm³/mol. The number of carbonyl (C=O) groups excluding carboxylic acids is 2. The lowest BCUT2D eigenvalue weighted by Crippen LogP contribution is -2.48. The molecule has 0 spiro atoms. The minimum absolute atomic E-state index is 0.0463. The molecule has 0 aromatic heterocycles. The first-order valence-electron chi connectivity index (χ1n) is 7.34. The Hall–Kier alpha value is -2.61. The normalized spacial score (nSPS) is 11.3. The molecule has 132 valence electrons. The van der Waals surface area contributed by atoms with Crippen LogP contribution in [-0.4, -0.2) is 24.5 Å². The fourth-order valence-electron chi connectivity index (χ4n) is 1.73. The maximum Gasteiger partial charge on any atom is 0.279 e. The molecule has 2 rings (SSSR count). The summed E-state index contributed by atoms with van der Waals surface area (Å²) in [6.07, 6.45) is -0.996. The summed E-state index contributed by atoms with van der Waals surface area (Å²) in [5.41, 5.74) is 4.39. The van der Waals surface area contributed by atoms with Gasteiger partial charge in [0.25, 0.3) is 11.8 Å². The molecule has 2 N–H and O–H groups in total. The molecule has 2 amide bonds. The number of ether oxygens (including phenoxy) is 2. The van der Waals surface area contributed by atoms with E-state index in [2.05, 4.69) is 26.8 Å². The van der Waals surface area contributed by atoms with Gasteiger partial charge < -0.3 is 9.47 Å². The molecule has 0 saturated carbocycles. The zero-order valence-corrected chi connectivity index (χ0v) is 14.9. The number of rotatable bonds is 6. The lowest BCUT2D eigenvalue weighted by Gasteiger charge is -2.15. The van der Waals surface area contributed by atoms with E-state index in [0.29, 0.717) is 5.75 Å². The first kappa shape index (κ1) is 18.7. The van der Waals surface area contributed by atoms with Gasteiger partial charge >= 0.3 is 0 Å². The van der Waals surface area contributed by atoms with Crippen LogP contribution in [0.2, 0.25) is 0 Å². The van der Waals surface area contributed by atoms with Gasteiger partial charge in [-0.3, -0.25) is 20.4 Å². The van der Waals surface area contributed by atoms with Crippen molar-refractivity contribution in [2.24, 2.45) is 0 Å². The zero-order valence-electron chi connectivity index (χ0n) is 13.3. The highest BCUT2D eigenvalue weighted by Gasteiger charge is 2.17. The average molecular weight is 411 g/mol. The molecule has 0 radical (unpaired) electrons. The van der Waals surface area contributed by atoms with Crippen LogP contribution in [0.5, 0.6) is 11.5 Å². The lowest BCUT2D eigenvalue weighted by atomic mass is 10.3. The molecule has 2 aromatic carbocycles. The summed E-state index contributed by atoms with van der Waals surface area (Å²) in [5.74, 6) is -1.28. The van der Waals surface area contributed by atoms with E-state index in [1.807, 2.05) is 0 Å². The summed E-state index contributed by atoms with van der Waals surface area (Å²) in [6, 6.07) is 12.7. The van der Waals surface area contributed by atoms with Crippen molar-refractivity contribution in [2.75, 3.05) is 6.61 Å². The Morgan fingerprint density at radius 1 is 1.12 bits per heavy atom. The van der Waals surface area contributed by atoms with E-state index in [1.54, 1.807) is 30.3 Å². The Balaban J connectivity index is 1.74. The largest absolute Gasteiger partial charge is 0.484 e. The highest BCUT2D eigenvalue weighted by atomic mass is 79.9.